The van der Waals surface area contributed by atoms with E-state index in [4.69, 9.17) is 9.97 Å². The molecule has 0 unspecified atom stereocenters. The van der Waals surface area contributed by atoms with Crippen molar-refractivity contribution in [3.05, 3.63) is 205 Å². The minimum atomic E-state index is -0.0246. The van der Waals surface area contributed by atoms with Crippen molar-refractivity contribution >= 4 is 31.5 Å². The van der Waals surface area contributed by atoms with Crippen LogP contribution in [-0.2, 0) is 5.41 Å². The van der Waals surface area contributed by atoms with Crippen LogP contribution in [0.4, 0.5) is 0 Å². The van der Waals surface area contributed by atoms with E-state index in [1.165, 1.54) is 59.1 Å². The quantitative estimate of drug-likeness (QED) is 0.169. The van der Waals surface area contributed by atoms with Gasteiger partial charge in [0.15, 0.2) is 5.82 Å². The maximum Gasteiger partial charge on any atom is 0.160 e. The summed E-state index contributed by atoms with van der Waals surface area (Å²) in [7, 11) is 0. The van der Waals surface area contributed by atoms with Gasteiger partial charge >= 0.3 is 0 Å². The second-order valence-electron chi connectivity index (χ2n) is 15.8. The largest absolute Gasteiger partial charge is 0.228 e. The third-order valence-corrected chi connectivity index (χ3v) is 13.0. The van der Waals surface area contributed by atoms with Crippen LogP contribution in [0.2, 0.25) is 0 Å². The zero-order valence-electron chi connectivity index (χ0n) is 32.3. The summed E-state index contributed by atoms with van der Waals surface area (Å²) in [5.74, 6) is 0.707. The van der Waals surface area contributed by atoms with Crippen molar-refractivity contribution in [2.75, 3.05) is 0 Å². The van der Waals surface area contributed by atoms with E-state index in [0.717, 1.165) is 44.8 Å². The molecule has 2 heterocycles. The molecule has 0 atom stereocenters. The number of hydrogen-bond acceptors (Lipinski definition) is 3. The van der Waals surface area contributed by atoms with Crippen molar-refractivity contribution in [2.45, 2.75) is 19.3 Å². The smallest absolute Gasteiger partial charge is 0.160 e. The lowest BCUT2D eigenvalue weighted by Gasteiger charge is -2.21. The van der Waals surface area contributed by atoms with E-state index in [1.807, 2.05) is 35.6 Å². The summed E-state index contributed by atoms with van der Waals surface area (Å²) in [4.78, 5) is 10.4. The molecule has 0 fully saturated rings. The number of nitrogens with zero attached hydrogens (tertiary/aromatic N) is 2. The van der Waals surface area contributed by atoms with E-state index in [2.05, 4.69) is 184 Å². The van der Waals surface area contributed by atoms with Gasteiger partial charge in [0.25, 0.3) is 0 Å². The molecule has 3 heteroatoms. The predicted octanol–water partition coefficient (Wildman–Crippen LogP) is 15.2. The number of aromatic nitrogens is 2. The van der Waals surface area contributed by atoms with Gasteiger partial charge in [-0.1, -0.05) is 153 Å². The van der Waals surface area contributed by atoms with Crippen LogP contribution in [0.5, 0.6) is 0 Å². The Kier molecular flexibility index (Phi) is 8.06. The Morgan fingerprint density at radius 2 is 0.879 bits per heavy atom. The first kappa shape index (κ1) is 34.3. The molecule has 0 aliphatic heterocycles. The molecule has 274 valence electrons. The van der Waals surface area contributed by atoms with E-state index in [9.17, 15) is 0 Å². The summed E-state index contributed by atoms with van der Waals surface area (Å²) in [5.41, 5.74) is 17.3. The molecule has 0 spiro atoms. The van der Waals surface area contributed by atoms with Gasteiger partial charge in [0.1, 0.15) is 0 Å². The van der Waals surface area contributed by atoms with Gasteiger partial charge in [-0.25, -0.2) is 9.97 Å². The molecule has 0 N–H and O–H groups in total. The van der Waals surface area contributed by atoms with Gasteiger partial charge in [-0.05, 0) is 110 Å². The van der Waals surface area contributed by atoms with Crippen molar-refractivity contribution in [3.63, 3.8) is 0 Å². The third kappa shape index (κ3) is 5.86. The van der Waals surface area contributed by atoms with Crippen LogP contribution in [0.1, 0.15) is 25.0 Å². The Morgan fingerprint density at radius 1 is 0.345 bits per heavy atom. The maximum absolute atomic E-state index is 5.27. The maximum atomic E-state index is 5.27. The van der Waals surface area contributed by atoms with Crippen molar-refractivity contribution < 1.29 is 0 Å². The van der Waals surface area contributed by atoms with Crippen molar-refractivity contribution in [1.82, 2.24) is 9.97 Å². The van der Waals surface area contributed by atoms with Crippen LogP contribution in [0.3, 0.4) is 0 Å². The van der Waals surface area contributed by atoms with E-state index in [1.54, 1.807) is 0 Å². The van der Waals surface area contributed by atoms with Crippen LogP contribution in [0.15, 0.2) is 194 Å². The highest BCUT2D eigenvalue weighted by atomic mass is 32.1. The van der Waals surface area contributed by atoms with Gasteiger partial charge in [0.05, 0.1) is 11.4 Å². The summed E-state index contributed by atoms with van der Waals surface area (Å²) in [6.07, 6.45) is 0. The lowest BCUT2D eigenvalue weighted by molar-refractivity contribution is 0.660. The Hall–Kier alpha value is -6.94. The molecule has 11 rings (SSSR count). The minimum Gasteiger partial charge on any atom is -0.228 e. The Labute approximate surface area is 342 Å². The lowest BCUT2D eigenvalue weighted by Crippen LogP contribution is -2.14. The summed E-state index contributed by atoms with van der Waals surface area (Å²) in [6.45, 7) is 4.68. The Balaban J connectivity index is 1.09. The highest BCUT2D eigenvalue weighted by Crippen LogP contribution is 2.49. The number of hydrogen-bond donors (Lipinski definition) is 0. The topological polar surface area (TPSA) is 25.8 Å². The van der Waals surface area contributed by atoms with Crippen LogP contribution in [0, 0.1) is 0 Å². The first-order valence-electron chi connectivity index (χ1n) is 19.9. The highest BCUT2D eigenvalue weighted by Gasteiger charge is 2.35. The molecular formula is C55H38N2S. The fraction of sp³-hybridized carbons (Fsp3) is 0.0545. The number of fused-ring (bicyclic) bond motifs is 6. The number of thiophene rings is 1. The predicted molar refractivity (Wildman–Crippen MR) is 245 cm³/mol. The van der Waals surface area contributed by atoms with Gasteiger partial charge in [-0.15, -0.1) is 11.3 Å². The molecule has 1 aliphatic carbocycles. The molecule has 2 aromatic heterocycles. The molecule has 8 aromatic carbocycles. The zero-order valence-corrected chi connectivity index (χ0v) is 33.1. The lowest BCUT2D eigenvalue weighted by atomic mass is 9.82. The van der Waals surface area contributed by atoms with Crippen molar-refractivity contribution in [3.8, 4) is 78.4 Å². The van der Waals surface area contributed by atoms with Crippen LogP contribution >= 0.6 is 11.3 Å². The van der Waals surface area contributed by atoms with E-state index in [0.29, 0.717) is 5.82 Å². The van der Waals surface area contributed by atoms with Gasteiger partial charge < -0.3 is 0 Å². The summed E-state index contributed by atoms with van der Waals surface area (Å²) < 4.78 is 2.60. The monoisotopic (exact) mass is 758 g/mol. The van der Waals surface area contributed by atoms with Gasteiger partial charge in [-0.2, -0.15) is 0 Å². The fourth-order valence-electron chi connectivity index (χ4n) is 8.86. The average Bonchev–Trinajstić information content (AvgIpc) is 3.77. The molecule has 0 bridgehead atoms. The van der Waals surface area contributed by atoms with Crippen LogP contribution in [0.25, 0.3) is 98.6 Å². The molecule has 0 amide bonds. The first-order chi connectivity index (χ1) is 28.5. The summed E-state index contributed by atoms with van der Waals surface area (Å²) in [5, 5.41) is 2.58. The molecule has 58 heavy (non-hydrogen) atoms. The van der Waals surface area contributed by atoms with Crippen molar-refractivity contribution in [1.29, 1.82) is 0 Å². The second kappa shape index (κ2) is 13.6. The zero-order chi connectivity index (χ0) is 38.8. The second-order valence-corrected chi connectivity index (χ2v) is 16.9. The Bertz CT molecular complexity index is 3140. The van der Waals surface area contributed by atoms with E-state index >= 15 is 0 Å². The van der Waals surface area contributed by atoms with Crippen LogP contribution in [-0.4, -0.2) is 9.97 Å². The average molecular weight is 759 g/mol. The Morgan fingerprint density at radius 3 is 1.67 bits per heavy atom. The molecule has 0 saturated heterocycles. The molecule has 10 aromatic rings. The first-order valence-corrected chi connectivity index (χ1v) is 20.7. The minimum absolute atomic E-state index is 0.0246. The standard InChI is InChI=1S/C55H38N2S/c1-55(2)48-22-11-9-20-44(48)46-32-39(24-26-49(46)55)37-18-13-19-38(28-37)41-29-42(40-25-27-53-47(33-40)45-21-10-12-23-52(45)58-53)31-43(30-41)51-34-50(35-14-5-3-6-15-35)56-54(57-51)36-16-7-4-8-17-36/h3-34H,1-2H3. The molecule has 1 aliphatic rings. The molecule has 0 saturated carbocycles. The van der Waals surface area contributed by atoms with Gasteiger partial charge in [0.2, 0.25) is 0 Å². The normalized spacial score (nSPS) is 12.8. The van der Waals surface area contributed by atoms with E-state index in [-0.39, 0.29) is 5.41 Å². The number of benzene rings is 8. The highest BCUT2D eigenvalue weighted by molar-refractivity contribution is 7.25. The fourth-order valence-corrected chi connectivity index (χ4v) is 9.95. The van der Waals surface area contributed by atoms with Gasteiger partial charge in [0, 0.05) is 42.3 Å². The third-order valence-electron chi connectivity index (χ3n) is 11.9. The summed E-state index contributed by atoms with van der Waals surface area (Å²) >= 11 is 1.85. The van der Waals surface area contributed by atoms with Gasteiger partial charge in [-0.3, -0.25) is 0 Å². The van der Waals surface area contributed by atoms with Crippen molar-refractivity contribution in [2.24, 2.45) is 0 Å². The molecular weight excluding hydrogens is 721 g/mol. The van der Waals surface area contributed by atoms with Crippen LogP contribution < -0.4 is 0 Å². The SMILES string of the molecule is CC1(C)c2ccccc2-c2cc(-c3cccc(-c4cc(-c5ccc6sc7ccccc7c6c5)cc(-c5cc(-c6ccccc6)nc(-c6ccccc6)n5)c4)c3)ccc21. The number of rotatable bonds is 6. The summed E-state index contributed by atoms with van der Waals surface area (Å²) in [6, 6.07) is 70.3. The molecule has 2 nitrogen and oxygen atoms in total. The van der Waals surface area contributed by atoms with E-state index < -0.39 is 0 Å². The molecule has 0 radical (unpaired) electrons.